The first-order valence-electron chi connectivity index (χ1n) is 6.87. The molecule has 3 aromatic rings. The minimum absolute atomic E-state index is 0.243. The van der Waals surface area contributed by atoms with Crippen molar-refractivity contribution in [3.63, 3.8) is 0 Å². The zero-order valence-electron chi connectivity index (χ0n) is 11.7. The van der Waals surface area contributed by atoms with Gasteiger partial charge in [0.25, 0.3) is 0 Å². The number of aromatic nitrogens is 1. The van der Waals surface area contributed by atoms with E-state index in [1.54, 1.807) is 24.3 Å². The van der Waals surface area contributed by atoms with E-state index in [1.807, 2.05) is 19.1 Å². The van der Waals surface area contributed by atoms with Crippen LogP contribution in [0.1, 0.15) is 12.6 Å². The van der Waals surface area contributed by atoms with Gasteiger partial charge in [-0.2, -0.15) is 0 Å². The van der Waals surface area contributed by atoms with E-state index in [9.17, 15) is 9.50 Å². The second-order valence-electron chi connectivity index (χ2n) is 4.87. The molecule has 21 heavy (non-hydrogen) atoms. The van der Waals surface area contributed by atoms with E-state index < -0.39 is 0 Å². The highest BCUT2D eigenvalue weighted by molar-refractivity contribution is 5.82. The third-order valence-corrected chi connectivity index (χ3v) is 3.47. The SMILES string of the molecule is CCn1c(COc2cccc(F)c2)cc2ccc(O)cc21. The van der Waals surface area contributed by atoms with Gasteiger partial charge in [0, 0.05) is 24.1 Å². The number of hydrogen-bond acceptors (Lipinski definition) is 2. The Hall–Kier alpha value is -2.49. The molecule has 0 aliphatic carbocycles. The summed E-state index contributed by atoms with van der Waals surface area (Å²) in [6.07, 6.45) is 0. The molecule has 1 aromatic heterocycles. The Morgan fingerprint density at radius 1 is 1.14 bits per heavy atom. The number of aryl methyl sites for hydroxylation is 1. The van der Waals surface area contributed by atoms with Crippen molar-refractivity contribution in [2.75, 3.05) is 0 Å². The van der Waals surface area contributed by atoms with Crippen molar-refractivity contribution in [2.45, 2.75) is 20.1 Å². The molecule has 108 valence electrons. The van der Waals surface area contributed by atoms with Crippen molar-refractivity contribution < 1.29 is 14.2 Å². The molecule has 0 atom stereocenters. The molecule has 1 N–H and O–H groups in total. The lowest BCUT2D eigenvalue weighted by Gasteiger charge is -2.10. The van der Waals surface area contributed by atoms with Crippen molar-refractivity contribution in [1.82, 2.24) is 4.57 Å². The summed E-state index contributed by atoms with van der Waals surface area (Å²) < 4.78 is 20.9. The smallest absolute Gasteiger partial charge is 0.128 e. The summed E-state index contributed by atoms with van der Waals surface area (Å²) in [5, 5.41) is 10.7. The highest BCUT2D eigenvalue weighted by Crippen LogP contribution is 2.25. The molecule has 0 saturated heterocycles. The summed E-state index contributed by atoms with van der Waals surface area (Å²) in [5.74, 6) is 0.437. The fourth-order valence-electron chi connectivity index (χ4n) is 2.51. The van der Waals surface area contributed by atoms with Gasteiger partial charge >= 0.3 is 0 Å². The van der Waals surface area contributed by atoms with E-state index in [-0.39, 0.29) is 11.6 Å². The van der Waals surface area contributed by atoms with Crippen molar-refractivity contribution in [1.29, 1.82) is 0 Å². The predicted octanol–water partition coefficient (Wildman–Crippen LogP) is 4.08. The van der Waals surface area contributed by atoms with Gasteiger partial charge in [-0.3, -0.25) is 0 Å². The van der Waals surface area contributed by atoms with Crippen LogP contribution >= 0.6 is 0 Å². The van der Waals surface area contributed by atoms with Crippen LogP contribution in [0.5, 0.6) is 11.5 Å². The van der Waals surface area contributed by atoms with Gasteiger partial charge in [0.2, 0.25) is 0 Å². The highest BCUT2D eigenvalue weighted by Gasteiger charge is 2.09. The van der Waals surface area contributed by atoms with Crippen LogP contribution in [0.4, 0.5) is 4.39 Å². The number of phenolic OH excluding ortho intramolecular Hbond substituents is 1. The topological polar surface area (TPSA) is 34.4 Å². The maximum atomic E-state index is 13.1. The Balaban J connectivity index is 1.90. The average Bonchev–Trinajstić information content (AvgIpc) is 2.82. The minimum atomic E-state index is -0.312. The van der Waals surface area contributed by atoms with Gasteiger partial charge in [0.1, 0.15) is 23.9 Å². The van der Waals surface area contributed by atoms with E-state index in [0.29, 0.717) is 12.4 Å². The summed E-state index contributed by atoms with van der Waals surface area (Å²) in [6, 6.07) is 13.4. The van der Waals surface area contributed by atoms with Gasteiger partial charge in [-0.05, 0) is 37.3 Å². The molecule has 0 aliphatic heterocycles. The number of fused-ring (bicyclic) bond motifs is 1. The number of nitrogens with zero attached hydrogens (tertiary/aromatic N) is 1. The van der Waals surface area contributed by atoms with Crippen LogP contribution in [0.2, 0.25) is 0 Å². The van der Waals surface area contributed by atoms with Crippen LogP contribution in [-0.2, 0) is 13.2 Å². The summed E-state index contributed by atoms with van der Waals surface area (Å²) in [6.45, 7) is 3.16. The third-order valence-electron chi connectivity index (χ3n) is 3.47. The maximum Gasteiger partial charge on any atom is 0.128 e. The lowest BCUT2D eigenvalue weighted by Crippen LogP contribution is -2.04. The monoisotopic (exact) mass is 285 g/mol. The molecular formula is C17H16FNO2. The van der Waals surface area contributed by atoms with Gasteiger partial charge in [0.15, 0.2) is 0 Å². The molecular weight excluding hydrogens is 269 g/mol. The molecule has 0 bridgehead atoms. The highest BCUT2D eigenvalue weighted by atomic mass is 19.1. The largest absolute Gasteiger partial charge is 0.508 e. The van der Waals surface area contributed by atoms with Gasteiger partial charge in [-0.15, -0.1) is 0 Å². The molecule has 0 radical (unpaired) electrons. The molecule has 3 rings (SSSR count). The number of halogens is 1. The van der Waals surface area contributed by atoms with Crippen molar-refractivity contribution in [3.8, 4) is 11.5 Å². The molecule has 0 aliphatic rings. The zero-order valence-corrected chi connectivity index (χ0v) is 11.7. The standard InChI is InChI=1S/C17H16FNO2/c1-2-19-14(8-12-6-7-15(20)10-17(12)19)11-21-16-5-3-4-13(18)9-16/h3-10,20H,2,11H2,1H3. The van der Waals surface area contributed by atoms with E-state index >= 15 is 0 Å². The molecule has 2 aromatic carbocycles. The molecule has 0 unspecified atom stereocenters. The zero-order chi connectivity index (χ0) is 14.8. The summed E-state index contributed by atoms with van der Waals surface area (Å²) in [5.41, 5.74) is 1.96. The van der Waals surface area contributed by atoms with E-state index in [0.717, 1.165) is 23.1 Å². The average molecular weight is 285 g/mol. The Morgan fingerprint density at radius 3 is 2.76 bits per heavy atom. The molecule has 3 nitrogen and oxygen atoms in total. The second kappa shape index (κ2) is 5.48. The molecule has 0 spiro atoms. The first kappa shape index (κ1) is 13.5. The number of benzene rings is 2. The summed E-state index contributed by atoms with van der Waals surface area (Å²) >= 11 is 0. The molecule has 0 amide bonds. The molecule has 0 fully saturated rings. The van der Waals surface area contributed by atoms with Crippen LogP contribution in [-0.4, -0.2) is 9.67 Å². The van der Waals surface area contributed by atoms with Crippen LogP contribution < -0.4 is 4.74 Å². The lowest BCUT2D eigenvalue weighted by molar-refractivity contribution is 0.294. The minimum Gasteiger partial charge on any atom is -0.508 e. The number of ether oxygens (including phenoxy) is 1. The van der Waals surface area contributed by atoms with Crippen molar-refractivity contribution in [2.24, 2.45) is 0 Å². The van der Waals surface area contributed by atoms with E-state index in [2.05, 4.69) is 4.57 Å². The third kappa shape index (κ3) is 2.70. The van der Waals surface area contributed by atoms with Crippen LogP contribution in [0.25, 0.3) is 10.9 Å². The van der Waals surface area contributed by atoms with Crippen molar-refractivity contribution in [3.05, 3.63) is 60.0 Å². The Morgan fingerprint density at radius 2 is 2.00 bits per heavy atom. The van der Waals surface area contributed by atoms with E-state index in [4.69, 9.17) is 4.74 Å². The summed E-state index contributed by atoms with van der Waals surface area (Å²) in [7, 11) is 0. The van der Waals surface area contributed by atoms with Crippen LogP contribution in [0, 0.1) is 5.82 Å². The predicted molar refractivity (Wildman–Crippen MR) is 80.0 cm³/mol. The van der Waals surface area contributed by atoms with Gasteiger partial charge in [-0.25, -0.2) is 4.39 Å². The maximum absolute atomic E-state index is 13.1. The van der Waals surface area contributed by atoms with Crippen molar-refractivity contribution >= 4 is 10.9 Å². The number of hydrogen-bond donors (Lipinski definition) is 1. The number of rotatable bonds is 4. The fraction of sp³-hybridized carbons (Fsp3) is 0.176. The second-order valence-corrected chi connectivity index (χ2v) is 4.87. The number of phenols is 1. The summed E-state index contributed by atoms with van der Waals surface area (Å²) in [4.78, 5) is 0. The lowest BCUT2D eigenvalue weighted by atomic mass is 10.2. The normalized spacial score (nSPS) is 11.0. The van der Waals surface area contributed by atoms with Gasteiger partial charge in [0.05, 0.1) is 11.2 Å². The quantitative estimate of drug-likeness (QED) is 0.783. The Labute approximate surface area is 122 Å². The van der Waals surface area contributed by atoms with Gasteiger partial charge < -0.3 is 14.4 Å². The number of aromatic hydroxyl groups is 1. The molecule has 1 heterocycles. The Bertz CT molecular complexity index is 780. The molecule has 0 saturated carbocycles. The first-order chi connectivity index (χ1) is 10.2. The fourth-order valence-corrected chi connectivity index (χ4v) is 2.51. The van der Waals surface area contributed by atoms with Gasteiger partial charge in [-0.1, -0.05) is 6.07 Å². The van der Waals surface area contributed by atoms with E-state index in [1.165, 1.54) is 12.1 Å². The Kier molecular flexibility index (Phi) is 3.52. The van der Waals surface area contributed by atoms with Crippen LogP contribution in [0.3, 0.4) is 0 Å². The van der Waals surface area contributed by atoms with Crippen LogP contribution in [0.15, 0.2) is 48.5 Å². The first-order valence-corrected chi connectivity index (χ1v) is 6.87. The molecule has 4 heteroatoms.